The fourth-order valence-electron chi connectivity index (χ4n) is 1.82. The Balaban J connectivity index is 1.81. The maximum Gasteiger partial charge on any atom is 0.162 e. The molecule has 19 heavy (non-hydrogen) atoms. The molecule has 3 heteroatoms. The van der Waals surface area contributed by atoms with Gasteiger partial charge in [-0.1, -0.05) is 48.5 Å². The molecule has 0 aromatic heterocycles. The summed E-state index contributed by atoms with van der Waals surface area (Å²) < 4.78 is 12.0. The van der Waals surface area contributed by atoms with Gasteiger partial charge in [-0.05, 0) is 18.6 Å². The predicted octanol–water partition coefficient (Wildman–Crippen LogP) is 3.46. The van der Waals surface area contributed by atoms with Crippen LogP contribution in [0.1, 0.15) is 23.2 Å². The fourth-order valence-corrected chi connectivity index (χ4v) is 2.93. The van der Waals surface area contributed by atoms with Crippen molar-refractivity contribution in [1.82, 2.24) is 0 Å². The van der Waals surface area contributed by atoms with Gasteiger partial charge in [-0.3, -0.25) is 9.00 Å². The summed E-state index contributed by atoms with van der Waals surface area (Å²) in [5.41, 5.74) is 0.730. The Morgan fingerprint density at radius 1 is 0.895 bits per heavy atom. The van der Waals surface area contributed by atoms with E-state index in [4.69, 9.17) is 0 Å². The molecule has 98 valence electrons. The van der Waals surface area contributed by atoms with Gasteiger partial charge in [0.25, 0.3) is 0 Å². The smallest absolute Gasteiger partial charge is 0.162 e. The van der Waals surface area contributed by atoms with Gasteiger partial charge in [0.15, 0.2) is 5.78 Å². The van der Waals surface area contributed by atoms with Crippen molar-refractivity contribution in [3.63, 3.8) is 0 Å². The molecule has 1 unspecified atom stereocenters. The third kappa shape index (κ3) is 4.14. The van der Waals surface area contributed by atoms with Gasteiger partial charge in [0.05, 0.1) is 10.8 Å². The van der Waals surface area contributed by atoms with Crippen LogP contribution in [0.4, 0.5) is 0 Å². The van der Waals surface area contributed by atoms with Crippen LogP contribution >= 0.6 is 0 Å². The quantitative estimate of drug-likeness (QED) is 0.755. The van der Waals surface area contributed by atoms with Gasteiger partial charge in [0, 0.05) is 22.6 Å². The number of carbonyl (C=O) groups excluding carboxylic acids is 1. The monoisotopic (exact) mass is 272 g/mol. The van der Waals surface area contributed by atoms with E-state index in [0.717, 1.165) is 10.5 Å². The Morgan fingerprint density at radius 3 is 2.11 bits per heavy atom. The lowest BCUT2D eigenvalue weighted by atomic mass is 10.1. The first-order chi connectivity index (χ1) is 9.27. The van der Waals surface area contributed by atoms with Crippen molar-refractivity contribution in [2.45, 2.75) is 17.7 Å². The summed E-state index contributed by atoms with van der Waals surface area (Å²) >= 11 is 0. The molecular formula is C16H16O2S. The van der Waals surface area contributed by atoms with Gasteiger partial charge in [-0.2, -0.15) is 0 Å². The average molecular weight is 272 g/mol. The van der Waals surface area contributed by atoms with Crippen molar-refractivity contribution in [1.29, 1.82) is 0 Å². The highest BCUT2D eigenvalue weighted by molar-refractivity contribution is 7.85. The van der Waals surface area contributed by atoms with E-state index in [1.54, 1.807) is 0 Å². The van der Waals surface area contributed by atoms with Crippen LogP contribution in [0.2, 0.25) is 0 Å². The first-order valence-corrected chi connectivity index (χ1v) is 7.61. The van der Waals surface area contributed by atoms with E-state index in [1.807, 2.05) is 60.7 Å². The highest BCUT2D eigenvalue weighted by Gasteiger charge is 2.07. The van der Waals surface area contributed by atoms with Gasteiger partial charge in [-0.15, -0.1) is 0 Å². The van der Waals surface area contributed by atoms with E-state index in [1.165, 1.54) is 0 Å². The second-order valence-electron chi connectivity index (χ2n) is 4.26. The van der Waals surface area contributed by atoms with Crippen LogP contribution in [0, 0.1) is 0 Å². The van der Waals surface area contributed by atoms with E-state index < -0.39 is 10.8 Å². The second kappa shape index (κ2) is 7.00. The first kappa shape index (κ1) is 13.7. The highest BCUT2D eigenvalue weighted by Crippen LogP contribution is 2.10. The zero-order chi connectivity index (χ0) is 13.5. The highest BCUT2D eigenvalue weighted by atomic mass is 32.2. The Morgan fingerprint density at radius 2 is 1.47 bits per heavy atom. The molecule has 0 saturated heterocycles. The molecule has 0 bridgehead atoms. The van der Waals surface area contributed by atoms with Crippen LogP contribution in [-0.2, 0) is 10.8 Å². The first-order valence-electron chi connectivity index (χ1n) is 6.29. The van der Waals surface area contributed by atoms with Crippen LogP contribution < -0.4 is 0 Å². The number of rotatable bonds is 6. The molecule has 0 N–H and O–H groups in total. The molecule has 0 fully saturated rings. The minimum Gasteiger partial charge on any atom is -0.294 e. The third-order valence-corrected chi connectivity index (χ3v) is 4.29. The molecule has 0 radical (unpaired) electrons. The summed E-state index contributed by atoms with van der Waals surface area (Å²) in [7, 11) is -1.01. The molecule has 0 heterocycles. The van der Waals surface area contributed by atoms with E-state index in [0.29, 0.717) is 18.6 Å². The van der Waals surface area contributed by atoms with E-state index >= 15 is 0 Å². The van der Waals surface area contributed by atoms with Gasteiger partial charge < -0.3 is 0 Å². The normalized spacial score (nSPS) is 12.0. The van der Waals surface area contributed by atoms with Crippen LogP contribution in [-0.4, -0.2) is 15.7 Å². The van der Waals surface area contributed by atoms with Crippen molar-refractivity contribution in [3.05, 3.63) is 66.2 Å². The number of hydrogen-bond donors (Lipinski definition) is 0. The summed E-state index contributed by atoms with van der Waals surface area (Å²) in [5, 5.41) is 0. The molecule has 0 saturated carbocycles. The van der Waals surface area contributed by atoms with Crippen molar-refractivity contribution in [2.24, 2.45) is 0 Å². The van der Waals surface area contributed by atoms with Gasteiger partial charge >= 0.3 is 0 Å². The van der Waals surface area contributed by atoms with Gasteiger partial charge in [0.2, 0.25) is 0 Å². The Hall–Kier alpha value is -1.74. The maximum atomic E-state index is 12.0. The standard InChI is InChI=1S/C16H16O2S/c17-16(14-8-3-1-4-9-14)12-7-13-19(18)15-10-5-2-6-11-15/h1-6,8-11H,7,12-13H2. The van der Waals surface area contributed by atoms with Crippen molar-refractivity contribution in [2.75, 3.05) is 5.75 Å². The Labute approximate surface area is 115 Å². The zero-order valence-electron chi connectivity index (χ0n) is 10.6. The lowest BCUT2D eigenvalue weighted by Crippen LogP contribution is -2.03. The lowest BCUT2D eigenvalue weighted by molar-refractivity contribution is 0.0982. The van der Waals surface area contributed by atoms with Crippen LogP contribution in [0.3, 0.4) is 0 Å². The topological polar surface area (TPSA) is 34.1 Å². The van der Waals surface area contributed by atoms with Crippen molar-refractivity contribution < 1.29 is 9.00 Å². The molecular weight excluding hydrogens is 256 g/mol. The summed E-state index contributed by atoms with van der Waals surface area (Å²) in [6.45, 7) is 0. The van der Waals surface area contributed by atoms with E-state index in [-0.39, 0.29) is 5.78 Å². The summed E-state index contributed by atoms with van der Waals surface area (Å²) in [6.07, 6.45) is 1.10. The molecule has 2 rings (SSSR count). The number of carbonyl (C=O) groups is 1. The average Bonchev–Trinajstić information content (AvgIpc) is 2.49. The number of benzene rings is 2. The molecule has 0 aliphatic heterocycles. The molecule has 2 nitrogen and oxygen atoms in total. The summed E-state index contributed by atoms with van der Waals surface area (Å²) in [6, 6.07) is 18.6. The minimum absolute atomic E-state index is 0.116. The Kier molecular flexibility index (Phi) is 5.04. The summed E-state index contributed by atoms with van der Waals surface area (Å²) in [5.74, 6) is 0.647. The largest absolute Gasteiger partial charge is 0.294 e. The number of ketones is 1. The van der Waals surface area contributed by atoms with Crippen molar-refractivity contribution in [3.8, 4) is 0 Å². The fraction of sp³-hybridized carbons (Fsp3) is 0.188. The summed E-state index contributed by atoms with van der Waals surface area (Å²) in [4.78, 5) is 12.7. The van der Waals surface area contributed by atoms with Crippen LogP contribution in [0.5, 0.6) is 0 Å². The van der Waals surface area contributed by atoms with Crippen LogP contribution in [0.25, 0.3) is 0 Å². The number of hydrogen-bond acceptors (Lipinski definition) is 2. The predicted molar refractivity (Wildman–Crippen MR) is 77.7 cm³/mol. The molecule has 0 aliphatic rings. The van der Waals surface area contributed by atoms with Gasteiger partial charge in [-0.25, -0.2) is 0 Å². The minimum atomic E-state index is -1.01. The third-order valence-electron chi connectivity index (χ3n) is 2.84. The molecule has 2 aromatic rings. The second-order valence-corrected chi connectivity index (χ2v) is 5.83. The van der Waals surface area contributed by atoms with Crippen molar-refractivity contribution >= 4 is 16.6 Å². The molecule has 0 spiro atoms. The SMILES string of the molecule is O=C(CCCS(=O)c1ccccc1)c1ccccc1. The lowest BCUT2D eigenvalue weighted by Gasteiger charge is -2.02. The van der Waals surface area contributed by atoms with Gasteiger partial charge in [0.1, 0.15) is 0 Å². The molecule has 0 aliphatic carbocycles. The van der Waals surface area contributed by atoms with E-state index in [2.05, 4.69) is 0 Å². The number of Topliss-reactive ketones (excluding diaryl/α,β-unsaturated/α-hetero) is 1. The molecule has 0 amide bonds. The maximum absolute atomic E-state index is 12.0. The van der Waals surface area contributed by atoms with E-state index in [9.17, 15) is 9.00 Å². The zero-order valence-corrected chi connectivity index (χ0v) is 11.4. The molecule has 1 atom stereocenters. The van der Waals surface area contributed by atoms with Crippen LogP contribution in [0.15, 0.2) is 65.6 Å². The molecule has 2 aromatic carbocycles. The Bertz CT molecular complexity index is 498.